The molecule has 59 heteroatoms. The van der Waals surface area contributed by atoms with Crippen LogP contribution in [-0.4, -0.2) is 433 Å². The van der Waals surface area contributed by atoms with Crippen molar-refractivity contribution in [1.29, 1.82) is 0 Å². The average molecular weight is 1670 g/mol. The Morgan fingerprint density at radius 3 is 1.24 bits per heavy atom. The fraction of sp³-hybridized carbons (Fsp3) is 0.878. The number of hydrogen-bond acceptors (Lipinski definition) is 46. The summed E-state index contributed by atoms with van der Waals surface area (Å²) in [6.45, 7) is -5.53. The highest BCUT2D eigenvalue weighted by molar-refractivity contribution is 7.83. The third-order valence-corrected chi connectivity index (χ3v) is 19.0. The Morgan fingerprint density at radius 2 is 0.833 bits per heavy atom. The Labute approximate surface area is 604 Å². The largest absolute Gasteiger partial charge is 0.479 e. The molecule has 25 N–H and O–H groups in total. The van der Waals surface area contributed by atoms with Crippen molar-refractivity contribution in [1.82, 2.24) is 10.0 Å². The molecule has 108 heavy (non-hydrogen) atoms. The zero-order valence-electron chi connectivity index (χ0n) is 54.1. The summed E-state index contributed by atoms with van der Waals surface area (Å²) < 4.78 is 231. The van der Waals surface area contributed by atoms with Crippen LogP contribution in [0.1, 0.15) is 6.92 Å². The zero-order valence-corrected chi connectivity index (χ0v) is 57.4. The first-order valence-electron chi connectivity index (χ1n) is 30.9. The highest BCUT2D eigenvalue weighted by Gasteiger charge is 2.61. The minimum absolute atomic E-state index is 0.273. The van der Waals surface area contributed by atoms with E-state index >= 15 is 0 Å². The van der Waals surface area contributed by atoms with Gasteiger partial charge in [0.2, 0.25) is 18.0 Å². The second-order valence-electron chi connectivity index (χ2n) is 24.5. The molecule has 55 nitrogen and oxygen atoms in total. The van der Waals surface area contributed by atoms with Crippen LogP contribution in [0.4, 0.5) is 0 Å². The van der Waals surface area contributed by atoms with Gasteiger partial charge in [-0.05, 0) is 6.08 Å². The molecule has 8 rings (SSSR count). The van der Waals surface area contributed by atoms with Crippen molar-refractivity contribution in [2.24, 2.45) is 0 Å². The van der Waals surface area contributed by atoms with Gasteiger partial charge >= 0.3 is 59.4 Å². The summed E-state index contributed by atoms with van der Waals surface area (Å²) in [6, 6.07) is -5.13. The van der Waals surface area contributed by atoms with Crippen LogP contribution >= 0.6 is 0 Å². The molecular formula is C49H76N2O53S4. The number of nitrogens with one attached hydrogen (secondary N) is 2. The summed E-state index contributed by atoms with van der Waals surface area (Å²) in [7, 11) is -22.9. The molecule has 1 amide bonds. The van der Waals surface area contributed by atoms with Gasteiger partial charge in [0, 0.05) is 6.92 Å². The molecule has 8 aliphatic rings. The third-order valence-electron chi connectivity index (χ3n) is 17.1. The highest BCUT2D eigenvalue weighted by Crippen LogP contribution is 2.40. The lowest BCUT2D eigenvalue weighted by Crippen LogP contribution is -2.71. The predicted molar refractivity (Wildman–Crippen MR) is 314 cm³/mol. The first-order chi connectivity index (χ1) is 50.0. The molecule has 0 aromatic heterocycles. The molecule has 0 spiro atoms. The van der Waals surface area contributed by atoms with Crippen LogP contribution in [0, 0.1) is 0 Å². The number of carboxylic acid groups (broad SMARTS) is 3. The molecule has 0 aromatic rings. The van der Waals surface area contributed by atoms with E-state index in [1.807, 2.05) is 0 Å². The molecule has 7 fully saturated rings. The van der Waals surface area contributed by atoms with Crippen molar-refractivity contribution in [2.75, 3.05) is 33.0 Å². The van der Waals surface area contributed by atoms with Gasteiger partial charge < -0.3 is 173 Å². The maximum atomic E-state index is 13.1. The number of amides is 1. The van der Waals surface area contributed by atoms with E-state index in [1.165, 1.54) is 4.72 Å². The fourth-order valence-corrected chi connectivity index (χ4v) is 13.7. The molecule has 7 saturated heterocycles. The smallest absolute Gasteiger partial charge is 0.397 e. The van der Waals surface area contributed by atoms with E-state index in [9.17, 15) is 168 Å². The highest BCUT2D eigenvalue weighted by atomic mass is 32.3. The number of aliphatic hydroxyl groups is 16. The number of carboxylic acids is 3. The van der Waals surface area contributed by atoms with Crippen molar-refractivity contribution in [3.63, 3.8) is 0 Å². The minimum Gasteiger partial charge on any atom is -0.479 e. The Morgan fingerprint density at radius 1 is 0.435 bits per heavy atom. The summed E-state index contributed by atoms with van der Waals surface area (Å²) >= 11 is 0. The summed E-state index contributed by atoms with van der Waals surface area (Å²) in [4.78, 5) is 50.8. The maximum absolute atomic E-state index is 13.1. The van der Waals surface area contributed by atoms with E-state index in [2.05, 4.69) is 17.9 Å². The van der Waals surface area contributed by atoms with Crippen LogP contribution in [0.5, 0.6) is 0 Å². The number of ether oxygens (including phenoxy) is 15. The minimum atomic E-state index is -5.80. The van der Waals surface area contributed by atoms with Crippen molar-refractivity contribution >= 4 is 65.3 Å². The van der Waals surface area contributed by atoms with Crippen molar-refractivity contribution in [3.05, 3.63) is 11.8 Å². The third kappa shape index (κ3) is 21.6. The second kappa shape index (κ2) is 36.0. The lowest BCUT2D eigenvalue weighted by Gasteiger charge is -2.50. The average Bonchev–Trinajstić information content (AvgIpc) is 0.771. The lowest BCUT2D eigenvalue weighted by molar-refractivity contribution is -0.390. The molecule has 0 unspecified atom stereocenters. The quantitative estimate of drug-likeness (QED) is 0.0297. The molecule has 0 aliphatic carbocycles. The number of hydrogen-bond donors (Lipinski definition) is 25. The van der Waals surface area contributed by atoms with Gasteiger partial charge in [-0.2, -0.15) is 38.4 Å². The van der Waals surface area contributed by atoms with E-state index in [-0.39, 0.29) is 6.08 Å². The normalized spacial score (nSPS) is 44.5. The first kappa shape index (κ1) is 89.3. The van der Waals surface area contributed by atoms with Crippen LogP contribution in [0.3, 0.4) is 0 Å². The molecule has 0 aromatic carbocycles. The Bertz CT molecular complexity index is 3580. The second-order valence-corrected chi connectivity index (χ2v) is 28.9. The zero-order chi connectivity index (χ0) is 80.6. The van der Waals surface area contributed by atoms with Gasteiger partial charge in [-0.3, -0.25) is 23.0 Å². The monoisotopic (exact) mass is 1670 g/mol. The number of rotatable bonds is 30. The maximum Gasteiger partial charge on any atom is 0.397 e. The van der Waals surface area contributed by atoms with Gasteiger partial charge in [-0.15, -0.1) is 0 Å². The van der Waals surface area contributed by atoms with Crippen molar-refractivity contribution < 1.29 is 252 Å². The number of carbonyl (C=O) groups excluding carboxylic acids is 1. The van der Waals surface area contributed by atoms with Crippen LogP contribution in [0.2, 0.25) is 0 Å². The molecule has 0 saturated carbocycles. The van der Waals surface area contributed by atoms with E-state index in [0.717, 1.165) is 6.92 Å². The van der Waals surface area contributed by atoms with Crippen molar-refractivity contribution in [3.8, 4) is 0 Å². The van der Waals surface area contributed by atoms with Crippen LogP contribution in [0.15, 0.2) is 11.8 Å². The molecule has 624 valence electrons. The number of aliphatic carboxylic acids is 3. The number of aliphatic hydroxyl groups excluding tert-OH is 16. The summed E-state index contributed by atoms with van der Waals surface area (Å²) in [6.07, 6.45) is -85.4. The molecular weight excluding hydrogens is 1590 g/mol. The first-order valence-corrected chi connectivity index (χ1v) is 36.4. The van der Waals surface area contributed by atoms with Gasteiger partial charge in [0.25, 0.3) is 0 Å². The molecule has 0 radical (unpaired) electrons. The van der Waals surface area contributed by atoms with Gasteiger partial charge in [-0.1, -0.05) is 0 Å². The topological polar surface area (TPSA) is 860 Å². The SMILES string of the molecule is CC(=O)N[C@H]1[C@@H](O[C@H]2[C@H](O)[C@@H](O)[C@H](O[C@H]3[C@@H](O)[C@@H](CO)O[C@@H](O[C@H]4[C@@H](O)[C@@H](CO)O[C@@H](O[C@@H]5CO[C@@H](O)[C@H](O)[C@H]5O)[C@@H]4O)[C@@H]3O)O[C@@H]2C(=O)O)O[C@H](COS(=O)(=O)O)[C@@H](O[C@@H]2O[C@H](C(=O)O)[C@H](O[C@H]3O[C@H](COS(=O)(=O)O)[C@@H](O[C@@H]4OC(C(=O)O)=C[C@H](O)[C@H]4OS(=O)(=O)O)[C@H](O)[C@H]3NS(=O)(=O)O)[C@@H](O)[C@@H]2O)[C@@H]1O. The molecule has 8 heterocycles. The van der Waals surface area contributed by atoms with Crippen molar-refractivity contribution in [2.45, 2.75) is 234 Å². The summed E-state index contributed by atoms with van der Waals surface area (Å²) in [5, 5.41) is 209. The summed E-state index contributed by atoms with van der Waals surface area (Å²) in [5.74, 6) is -9.07. The molecule has 8 aliphatic heterocycles. The predicted octanol–water partition coefficient (Wildman–Crippen LogP) is -17.4. The summed E-state index contributed by atoms with van der Waals surface area (Å²) in [5.41, 5.74) is 0. The fourth-order valence-electron chi connectivity index (χ4n) is 12.0. The van der Waals surface area contributed by atoms with E-state index in [1.54, 1.807) is 0 Å². The van der Waals surface area contributed by atoms with Gasteiger partial charge in [-0.25, -0.2) is 26.9 Å². The number of carbonyl (C=O) groups is 4. The van der Waals surface area contributed by atoms with E-state index in [0.29, 0.717) is 0 Å². The molecule has 0 bridgehead atoms. The Balaban J connectivity index is 1.02. The van der Waals surface area contributed by atoms with E-state index in [4.69, 9.17) is 71.1 Å². The Hall–Kier alpha value is -4.30. The Kier molecular flexibility index (Phi) is 29.8. The van der Waals surface area contributed by atoms with Gasteiger partial charge in [0.05, 0.1) is 33.0 Å². The molecule has 37 atom stereocenters. The van der Waals surface area contributed by atoms with Gasteiger partial charge in [0.15, 0.2) is 62.3 Å². The van der Waals surface area contributed by atoms with Crippen LogP contribution in [0.25, 0.3) is 0 Å². The van der Waals surface area contributed by atoms with E-state index < -0.39 is 331 Å². The standard InChI is InChI=1S/C49H76N2O53S4/c1-8(54)50-16-21(59)31(96-45-26(64)23(61)36(38(102-45)41(72)73)101-44-17(51-105(75,76)77)22(60)32(15(95-44)7-89-107(81,82)83)97-49-30(104-108(84,85)86)9(55)2-10(90-49)39(68)69)14(6-88-106(78,79)80)94-43(16)100-35-24(62)27(65)46(103-37(35)40(70)71)98-34-20(58)12(4-53)92-48(29(34)67)99-33-19(57)11(3-52)91-47(28(33)66)93-13-5-87-42(74)25(63)18(13)56/h2,9,11-38,42-49,51-53,55-67,74H,3-7H2,1H3,(H,50,54)(H,68,69)(H,70,71)(H,72,73)(H,75,76,77)(H,78,79,80)(H,81,82,83)(H,84,85,86)/t9-,11+,12+,13+,14+,15+,16+,17+,18-,19-,20-,21+,22+,23-,24+,25+,26-,27+,28+,29+,30+,31+,32+,33-,34-,35-,36+,37-,38-,42+,43+,44+,45+,46+,47-,48-,49-/m0/s1. The van der Waals surface area contributed by atoms with Crippen LogP contribution in [-0.2, 0) is 144 Å². The van der Waals surface area contributed by atoms with Gasteiger partial charge in [0.1, 0.15) is 159 Å². The lowest BCUT2D eigenvalue weighted by atomic mass is 9.94. The van der Waals surface area contributed by atoms with Crippen LogP contribution < -0.4 is 10.0 Å².